The molecule has 7 nitrogen and oxygen atoms in total. The summed E-state index contributed by atoms with van der Waals surface area (Å²) in [7, 11) is 0. The summed E-state index contributed by atoms with van der Waals surface area (Å²) >= 11 is 0. The third kappa shape index (κ3) is 2.98. The molecule has 7 heteroatoms. The molecule has 1 heterocycles. The van der Waals surface area contributed by atoms with Gasteiger partial charge in [-0.2, -0.15) is 0 Å². The summed E-state index contributed by atoms with van der Waals surface area (Å²) in [5.74, 6) is -1.18. The minimum Gasteiger partial charge on any atom is -0.481 e. The molecule has 0 unspecified atom stereocenters. The van der Waals surface area contributed by atoms with Crippen molar-refractivity contribution in [3.63, 3.8) is 0 Å². The zero-order valence-corrected chi connectivity index (χ0v) is 11.3. The Kier molecular flexibility index (Phi) is 3.78. The number of pyridine rings is 1. The number of aliphatic carboxylic acids is 1. The van der Waals surface area contributed by atoms with Gasteiger partial charge < -0.3 is 20.5 Å². The lowest BCUT2D eigenvalue weighted by molar-refractivity contribution is -0.389. The smallest absolute Gasteiger partial charge is 0.363 e. The summed E-state index contributed by atoms with van der Waals surface area (Å²) in [6.07, 6.45) is 1.32. The predicted molar refractivity (Wildman–Crippen MR) is 70.0 cm³/mol. The van der Waals surface area contributed by atoms with Crippen LogP contribution in [0.4, 0.5) is 11.5 Å². The summed E-state index contributed by atoms with van der Waals surface area (Å²) in [5, 5.41) is 22.8. The van der Waals surface area contributed by atoms with Gasteiger partial charge in [-0.1, -0.05) is 0 Å². The van der Waals surface area contributed by atoms with Crippen LogP contribution < -0.4 is 5.32 Å². The summed E-state index contributed by atoms with van der Waals surface area (Å²) in [4.78, 5) is 24.8. The second-order valence-electron chi connectivity index (χ2n) is 5.34. The van der Waals surface area contributed by atoms with E-state index in [4.69, 9.17) is 0 Å². The largest absolute Gasteiger partial charge is 0.481 e. The molecule has 0 amide bonds. The summed E-state index contributed by atoms with van der Waals surface area (Å²) in [5.41, 5.74) is -1.24. The molecular weight excluding hydrogens is 250 g/mol. The Morgan fingerprint density at radius 1 is 1.37 bits per heavy atom. The van der Waals surface area contributed by atoms with Crippen LogP contribution in [0.5, 0.6) is 0 Å². The molecule has 0 aliphatic heterocycles. The van der Waals surface area contributed by atoms with Gasteiger partial charge in [0, 0.05) is 11.6 Å². The van der Waals surface area contributed by atoms with E-state index < -0.39 is 21.8 Å². The minimum absolute atomic E-state index is 0.249. The number of anilines is 1. The van der Waals surface area contributed by atoms with Crippen LogP contribution in [0.15, 0.2) is 18.3 Å². The number of carboxylic acids is 1. The molecule has 0 saturated carbocycles. The predicted octanol–water partition coefficient (Wildman–Crippen LogP) is 2.29. The van der Waals surface area contributed by atoms with Gasteiger partial charge in [-0.3, -0.25) is 4.79 Å². The number of rotatable bonds is 5. The van der Waals surface area contributed by atoms with E-state index in [2.05, 4.69) is 10.3 Å². The fraction of sp³-hybridized carbons (Fsp3) is 0.500. The van der Waals surface area contributed by atoms with E-state index in [9.17, 15) is 20.0 Å². The van der Waals surface area contributed by atoms with Crippen molar-refractivity contribution in [1.29, 1.82) is 0 Å². The van der Waals surface area contributed by atoms with Gasteiger partial charge in [0.15, 0.2) is 6.20 Å². The van der Waals surface area contributed by atoms with Crippen LogP contribution in [0.3, 0.4) is 0 Å². The first-order valence-electron chi connectivity index (χ1n) is 5.70. The topological polar surface area (TPSA) is 105 Å². The quantitative estimate of drug-likeness (QED) is 0.626. The first kappa shape index (κ1) is 14.9. The standard InChI is InChI=1S/C12H17N3O4/c1-11(2,10(16)17)12(3,4)14-8-5-6-9(13-7-8)15(18)19/h5-7,14H,1-4H3,(H,16,17). The van der Waals surface area contributed by atoms with Crippen molar-refractivity contribution in [3.05, 3.63) is 28.4 Å². The maximum atomic E-state index is 11.3. The highest BCUT2D eigenvalue weighted by Gasteiger charge is 2.43. The highest BCUT2D eigenvalue weighted by atomic mass is 16.6. The van der Waals surface area contributed by atoms with Gasteiger partial charge in [-0.15, -0.1) is 0 Å². The van der Waals surface area contributed by atoms with E-state index in [0.717, 1.165) is 0 Å². The number of aromatic nitrogens is 1. The van der Waals surface area contributed by atoms with Crippen LogP contribution in [0.1, 0.15) is 27.7 Å². The summed E-state index contributed by atoms with van der Waals surface area (Å²) in [6, 6.07) is 2.77. The van der Waals surface area contributed by atoms with Crippen LogP contribution in [-0.2, 0) is 4.79 Å². The molecule has 0 aliphatic rings. The van der Waals surface area contributed by atoms with Crippen molar-refractivity contribution in [2.24, 2.45) is 5.41 Å². The van der Waals surface area contributed by atoms with Gasteiger partial charge in [0.2, 0.25) is 0 Å². The van der Waals surface area contributed by atoms with Crippen molar-refractivity contribution in [2.75, 3.05) is 5.32 Å². The van der Waals surface area contributed by atoms with Crippen molar-refractivity contribution in [2.45, 2.75) is 33.2 Å². The average molecular weight is 267 g/mol. The molecule has 0 aromatic carbocycles. The molecule has 1 aromatic rings. The van der Waals surface area contributed by atoms with Crippen LogP contribution in [-0.4, -0.2) is 26.5 Å². The molecule has 0 spiro atoms. The fourth-order valence-electron chi connectivity index (χ4n) is 1.35. The lowest BCUT2D eigenvalue weighted by Gasteiger charge is -2.39. The van der Waals surface area contributed by atoms with Gasteiger partial charge in [0.1, 0.15) is 0 Å². The Morgan fingerprint density at radius 3 is 2.32 bits per heavy atom. The third-order valence-corrected chi connectivity index (χ3v) is 3.49. The molecule has 0 saturated heterocycles. The molecule has 0 aliphatic carbocycles. The van der Waals surface area contributed by atoms with Crippen molar-refractivity contribution in [3.8, 4) is 0 Å². The lowest BCUT2D eigenvalue weighted by atomic mass is 9.74. The molecular formula is C12H17N3O4. The minimum atomic E-state index is -1.02. The number of hydrogen-bond acceptors (Lipinski definition) is 5. The number of carboxylic acid groups (broad SMARTS) is 1. The van der Waals surface area contributed by atoms with Gasteiger partial charge in [-0.05, 0) is 43.7 Å². The van der Waals surface area contributed by atoms with Crippen molar-refractivity contribution < 1.29 is 14.8 Å². The number of hydrogen-bond donors (Lipinski definition) is 2. The molecule has 1 rings (SSSR count). The Morgan fingerprint density at radius 2 is 1.95 bits per heavy atom. The van der Waals surface area contributed by atoms with Crippen LogP contribution >= 0.6 is 0 Å². The summed E-state index contributed by atoms with van der Waals surface area (Å²) < 4.78 is 0. The van der Waals surface area contributed by atoms with E-state index >= 15 is 0 Å². The molecule has 0 radical (unpaired) electrons. The van der Waals surface area contributed by atoms with E-state index in [1.807, 2.05) is 0 Å². The highest BCUT2D eigenvalue weighted by molar-refractivity contribution is 5.76. The van der Waals surface area contributed by atoms with Gasteiger partial charge in [0.25, 0.3) is 0 Å². The molecule has 19 heavy (non-hydrogen) atoms. The SMILES string of the molecule is CC(C)(Nc1ccc([N+](=O)[O-])nc1)C(C)(C)C(=O)O. The lowest BCUT2D eigenvalue weighted by Crippen LogP contribution is -2.50. The molecule has 0 bridgehead atoms. The van der Waals surface area contributed by atoms with Crippen molar-refractivity contribution in [1.82, 2.24) is 4.98 Å². The maximum absolute atomic E-state index is 11.3. The number of nitro groups is 1. The fourth-order valence-corrected chi connectivity index (χ4v) is 1.35. The number of nitrogens with one attached hydrogen (secondary N) is 1. The van der Waals surface area contributed by atoms with E-state index in [1.165, 1.54) is 18.3 Å². The van der Waals surface area contributed by atoms with Gasteiger partial charge in [-0.25, -0.2) is 0 Å². The Labute approximate surface area is 110 Å². The Hall–Kier alpha value is -2.18. The van der Waals surface area contributed by atoms with E-state index in [-0.39, 0.29) is 5.82 Å². The highest BCUT2D eigenvalue weighted by Crippen LogP contribution is 2.33. The first-order valence-corrected chi connectivity index (χ1v) is 5.70. The van der Waals surface area contributed by atoms with Gasteiger partial charge in [0.05, 0.1) is 11.1 Å². The monoisotopic (exact) mass is 267 g/mol. The number of nitrogens with zero attached hydrogens (tertiary/aromatic N) is 2. The maximum Gasteiger partial charge on any atom is 0.363 e. The Bertz CT molecular complexity index is 494. The van der Waals surface area contributed by atoms with Crippen molar-refractivity contribution >= 4 is 17.5 Å². The zero-order chi connectivity index (χ0) is 14.8. The van der Waals surface area contributed by atoms with Crippen LogP contribution in [0, 0.1) is 15.5 Å². The molecule has 104 valence electrons. The van der Waals surface area contributed by atoms with E-state index in [1.54, 1.807) is 27.7 Å². The second kappa shape index (κ2) is 4.83. The zero-order valence-electron chi connectivity index (χ0n) is 11.3. The van der Waals surface area contributed by atoms with Crippen LogP contribution in [0.25, 0.3) is 0 Å². The first-order chi connectivity index (χ1) is 8.58. The van der Waals surface area contributed by atoms with Crippen LogP contribution in [0.2, 0.25) is 0 Å². The second-order valence-corrected chi connectivity index (χ2v) is 5.34. The third-order valence-electron chi connectivity index (χ3n) is 3.49. The summed E-state index contributed by atoms with van der Waals surface area (Å²) in [6.45, 7) is 6.73. The molecule has 0 fully saturated rings. The number of carbonyl (C=O) groups is 1. The molecule has 2 N–H and O–H groups in total. The Balaban J connectivity index is 2.95. The van der Waals surface area contributed by atoms with Gasteiger partial charge >= 0.3 is 11.8 Å². The normalized spacial score (nSPS) is 12.0. The molecule has 0 atom stereocenters. The molecule has 1 aromatic heterocycles. The average Bonchev–Trinajstić information content (AvgIpc) is 2.28. The van der Waals surface area contributed by atoms with E-state index in [0.29, 0.717) is 5.69 Å².